The Kier molecular flexibility index (Phi) is 4.45. The first-order valence-corrected chi connectivity index (χ1v) is 3.91. The average Bonchev–Trinajstić information content (AvgIpc) is 1.85. The quantitative estimate of drug-likeness (QED) is 0.621. The van der Waals surface area contributed by atoms with Crippen LogP contribution < -0.4 is 0 Å². The van der Waals surface area contributed by atoms with Gasteiger partial charge in [0.1, 0.15) is 5.75 Å². The topological polar surface area (TPSA) is 20.2 Å². The maximum absolute atomic E-state index is 9.46. The minimum absolute atomic E-state index is 0. The summed E-state index contributed by atoms with van der Waals surface area (Å²) >= 11 is 0. The van der Waals surface area contributed by atoms with Crippen molar-refractivity contribution in [1.82, 2.24) is 0 Å². The van der Waals surface area contributed by atoms with E-state index in [1.807, 2.05) is 19.1 Å². The Morgan fingerprint density at radius 3 is 2.25 bits per heavy atom. The standard InChI is InChI=1S/C10H14O.Li.H/c1-7(2)9-5-4-8(3)6-10(9)11;;/h4-7,11H,1-3H3;;. The van der Waals surface area contributed by atoms with Gasteiger partial charge in [0.2, 0.25) is 0 Å². The fraction of sp³-hybridized carbons (Fsp3) is 0.400. The monoisotopic (exact) mass is 158 g/mol. The normalized spacial score (nSPS) is 9.67. The molecule has 0 fully saturated rings. The van der Waals surface area contributed by atoms with Crippen LogP contribution in [0.3, 0.4) is 0 Å². The molecule has 12 heavy (non-hydrogen) atoms. The number of aryl methyl sites for hydroxylation is 1. The first-order valence-electron chi connectivity index (χ1n) is 3.91. The van der Waals surface area contributed by atoms with Crippen molar-refractivity contribution in [3.8, 4) is 5.75 Å². The van der Waals surface area contributed by atoms with Gasteiger partial charge in [-0.2, -0.15) is 0 Å². The van der Waals surface area contributed by atoms with Crippen LogP contribution in [-0.2, 0) is 0 Å². The summed E-state index contributed by atoms with van der Waals surface area (Å²) in [6.07, 6.45) is 0. The predicted molar refractivity (Wildman–Crippen MR) is 54.1 cm³/mol. The number of phenolic OH excluding ortho intramolecular Hbond substituents is 1. The van der Waals surface area contributed by atoms with Crippen LogP contribution in [-0.4, -0.2) is 24.0 Å². The summed E-state index contributed by atoms with van der Waals surface area (Å²) in [5, 5.41) is 9.46. The SMILES string of the molecule is Cc1ccc(C(C)C)c(O)c1.[LiH]. The van der Waals surface area contributed by atoms with Crippen LogP contribution in [0.25, 0.3) is 0 Å². The van der Waals surface area contributed by atoms with Gasteiger partial charge in [-0.3, -0.25) is 0 Å². The first-order chi connectivity index (χ1) is 5.11. The molecule has 0 bridgehead atoms. The molecule has 0 amide bonds. The van der Waals surface area contributed by atoms with Crippen molar-refractivity contribution in [2.75, 3.05) is 0 Å². The molecule has 2 heteroatoms. The fourth-order valence-electron chi connectivity index (χ4n) is 1.14. The molecule has 0 atom stereocenters. The van der Waals surface area contributed by atoms with Crippen LogP contribution in [0.4, 0.5) is 0 Å². The van der Waals surface area contributed by atoms with Gasteiger partial charge in [0.05, 0.1) is 0 Å². The van der Waals surface area contributed by atoms with Crippen molar-refractivity contribution in [2.45, 2.75) is 26.7 Å². The van der Waals surface area contributed by atoms with Gasteiger partial charge in [0.25, 0.3) is 0 Å². The molecule has 0 unspecified atom stereocenters. The molecule has 0 saturated heterocycles. The van der Waals surface area contributed by atoms with Crippen molar-refractivity contribution in [3.63, 3.8) is 0 Å². The van der Waals surface area contributed by atoms with E-state index in [1.54, 1.807) is 6.07 Å². The summed E-state index contributed by atoms with van der Waals surface area (Å²) in [5.74, 6) is 0.815. The summed E-state index contributed by atoms with van der Waals surface area (Å²) in [5.41, 5.74) is 2.13. The van der Waals surface area contributed by atoms with Crippen LogP contribution in [0.2, 0.25) is 0 Å². The Balaban J connectivity index is 0.00000121. The van der Waals surface area contributed by atoms with Gasteiger partial charge in [-0.15, -0.1) is 0 Å². The third-order valence-electron chi connectivity index (χ3n) is 1.81. The number of hydrogen-bond donors (Lipinski definition) is 1. The van der Waals surface area contributed by atoms with E-state index in [9.17, 15) is 5.11 Å². The molecule has 0 heterocycles. The summed E-state index contributed by atoms with van der Waals surface area (Å²) < 4.78 is 0. The molecule has 1 nitrogen and oxygen atoms in total. The Hall–Kier alpha value is -0.383. The van der Waals surface area contributed by atoms with Gasteiger partial charge in [-0.05, 0) is 30.0 Å². The molecule has 1 N–H and O–H groups in total. The first kappa shape index (κ1) is 11.6. The number of aromatic hydroxyl groups is 1. The molecule has 0 aliphatic heterocycles. The van der Waals surface area contributed by atoms with Gasteiger partial charge in [-0.25, -0.2) is 0 Å². The van der Waals surface area contributed by atoms with Gasteiger partial charge >= 0.3 is 18.9 Å². The number of benzene rings is 1. The van der Waals surface area contributed by atoms with E-state index in [0.717, 1.165) is 11.1 Å². The van der Waals surface area contributed by atoms with Crippen LogP contribution >= 0.6 is 0 Å². The maximum atomic E-state index is 9.46. The van der Waals surface area contributed by atoms with E-state index in [4.69, 9.17) is 0 Å². The Bertz CT molecular complexity index is 256. The van der Waals surface area contributed by atoms with E-state index in [2.05, 4.69) is 13.8 Å². The van der Waals surface area contributed by atoms with Crippen molar-refractivity contribution >= 4 is 18.9 Å². The Morgan fingerprint density at radius 1 is 1.25 bits per heavy atom. The molecule has 0 aromatic heterocycles. The van der Waals surface area contributed by atoms with Gasteiger partial charge in [0, 0.05) is 0 Å². The second kappa shape index (κ2) is 4.60. The number of rotatable bonds is 1. The van der Waals surface area contributed by atoms with E-state index in [1.165, 1.54) is 0 Å². The van der Waals surface area contributed by atoms with E-state index in [0.29, 0.717) is 11.7 Å². The Labute approximate surface area is 86.0 Å². The third kappa shape index (κ3) is 2.59. The predicted octanol–water partition coefficient (Wildman–Crippen LogP) is 2.18. The zero-order valence-corrected chi connectivity index (χ0v) is 7.26. The molecule has 0 saturated carbocycles. The van der Waals surface area contributed by atoms with Crippen molar-refractivity contribution in [1.29, 1.82) is 0 Å². The molecule has 1 aromatic rings. The van der Waals surface area contributed by atoms with Gasteiger partial charge in [0.15, 0.2) is 0 Å². The molecule has 0 spiro atoms. The fourth-order valence-corrected chi connectivity index (χ4v) is 1.14. The summed E-state index contributed by atoms with van der Waals surface area (Å²) in [4.78, 5) is 0. The third-order valence-corrected chi connectivity index (χ3v) is 1.81. The van der Waals surface area contributed by atoms with Crippen LogP contribution in [0.15, 0.2) is 18.2 Å². The second-order valence-electron chi connectivity index (χ2n) is 3.22. The van der Waals surface area contributed by atoms with E-state index < -0.39 is 0 Å². The second-order valence-corrected chi connectivity index (χ2v) is 3.22. The summed E-state index contributed by atoms with van der Waals surface area (Å²) in [6, 6.07) is 5.81. The summed E-state index contributed by atoms with van der Waals surface area (Å²) in [6.45, 7) is 6.12. The number of hydrogen-bond acceptors (Lipinski definition) is 1. The van der Waals surface area contributed by atoms with Crippen LogP contribution in [0, 0.1) is 6.92 Å². The number of phenols is 1. The average molecular weight is 158 g/mol. The Morgan fingerprint density at radius 2 is 1.83 bits per heavy atom. The van der Waals surface area contributed by atoms with Crippen LogP contribution in [0.5, 0.6) is 5.75 Å². The van der Waals surface area contributed by atoms with Gasteiger partial charge in [-0.1, -0.05) is 26.0 Å². The molecule has 0 radical (unpaired) electrons. The molecule has 0 aliphatic carbocycles. The molecule has 1 rings (SSSR count). The van der Waals surface area contributed by atoms with E-state index in [-0.39, 0.29) is 18.9 Å². The zero-order chi connectivity index (χ0) is 8.43. The molecular weight excluding hydrogens is 143 g/mol. The minimum atomic E-state index is 0. The van der Waals surface area contributed by atoms with Crippen molar-refractivity contribution < 1.29 is 5.11 Å². The molecule has 0 aliphatic rings. The van der Waals surface area contributed by atoms with E-state index >= 15 is 0 Å². The summed E-state index contributed by atoms with van der Waals surface area (Å²) in [7, 11) is 0. The zero-order valence-electron chi connectivity index (χ0n) is 7.26. The molecular formula is C10H15LiO. The van der Waals surface area contributed by atoms with Crippen molar-refractivity contribution in [2.24, 2.45) is 0 Å². The van der Waals surface area contributed by atoms with Gasteiger partial charge < -0.3 is 5.11 Å². The van der Waals surface area contributed by atoms with Crippen molar-refractivity contribution in [3.05, 3.63) is 29.3 Å². The molecule has 1 aromatic carbocycles. The molecule has 62 valence electrons. The van der Waals surface area contributed by atoms with Crippen LogP contribution in [0.1, 0.15) is 30.9 Å².